The highest BCUT2D eigenvalue weighted by atomic mass is 32.2. The number of carbonyl (C=O) groups is 1. The molecule has 0 aliphatic heterocycles. The molecule has 8 heteroatoms. The van der Waals surface area contributed by atoms with Crippen LogP contribution in [0, 0.1) is 5.92 Å². The molecule has 0 fully saturated rings. The van der Waals surface area contributed by atoms with Gasteiger partial charge in [-0.1, -0.05) is 17.8 Å². The molecular weight excluding hydrogens is 450 g/mol. The third kappa shape index (κ3) is 4.21. The third-order valence-corrected chi connectivity index (χ3v) is 7.15. The minimum Gasteiger partial charge on any atom is -0.493 e. The van der Waals surface area contributed by atoms with Crippen LogP contribution in [0.1, 0.15) is 17.5 Å². The van der Waals surface area contributed by atoms with Crippen molar-refractivity contribution in [3.05, 3.63) is 66.0 Å². The molecule has 0 amide bonds. The average molecular weight is 476 g/mol. The van der Waals surface area contributed by atoms with Gasteiger partial charge in [-0.3, -0.25) is 9.20 Å². The summed E-state index contributed by atoms with van der Waals surface area (Å²) in [5.41, 5.74) is 5.04. The second kappa shape index (κ2) is 9.38. The van der Waals surface area contributed by atoms with Gasteiger partial charge in [-0.15, -0.1) is 0 Å². The second-order valence-electron chi connectivity index (χ2n) is 8.14. The molecule has 1 unspecified atom stereocenters. The van der Waals surface area contributed by atoms with Crippen LogP contribution in [0.3, 0.4) is 0 Å². The van der Waals surface area contributed by atoms with E-state index in [4.69, 9.17) is 19.2 Å². The second-order valence-corrected chi connectivity index (χ2v) is 9.19. The lowest BCUT2D eigenvalue weighted by molar-refractivity contribution is -0.145. The molecule has 0 saturated heterocycles. The zero-order valence-corrected chi connectivity index (χ0v) is 20.1. The summed E-state index contributed by atoms with van der Waals surface area (Å²) in [6.45, 7) is 0. The maximum absolute atomic E-state index is 12.0. The van der Waals surface area contributed by atoms with Crippen molar-refractivity contribution in [3.8, 4) is 22.8 Å². The van der Waals surface area contributed by atoms with Crippen molar-refractivity contribution in [1.29, 1.82) is 0 Å². The van der Waals surface area contributed by atoms with E-state index in [1.54, 1.807) is 32.2 Å². The van der Waals surface area contributed by atoms with Crippen LogP contribution in [0.4, 0.5) is 0 Å². The zero-order chi connectivity index (χ0) is 23.7. The van der Waals surface area contributed by atoms with Gasteiger partial charge in [0.15, 0.2) is 16.7 Å². The summed E-state index contributed by atoms with van der Waals surface area (Å²) in [6.07, 6.45) is 6.10. The number of rotatable bonds is 6. The molecule has 0 N–H and O–H groups in total. The number of imidazole rings is 1. The minimum absolute atomic E-state index is 0.0542. The van der Waals surface area contributed by atoms with Gasteiger partial charge in [0.05, 0.1) is 32.9 Å². The lowest BCUT2D eigenvalue weighted by Gasteiger charge is -2.23. The van der Waals surface area contributed by atoms with Crippen molar-refractivity contribution in [2.45, 2.75) is 29.3 Å². The van der Waals surface area contributed by atoms with Crippen LogP contribution in [-0.2, 0) is 22.4 Å². The molecule has 2 heterocycles. The summed E-state index contributed by atoms with van der Waals surface area (Å²) >= 11 is 1.60. The predicted octanol–water partition coefficient (Wildman–Crippen LogP) is 4.84. The fraction of sp³-hybridized carbons (Fsp3) is 0.269. The van der Waals surface area contributed by atoms with E-state index >= 15 is 0 Å². The maximum Gasteiger partial charge on any atom is 0.309 e. The van der Waals surface area contributed by atoms with E-state index in [0.29, 0.717) is 11.5 Å². The molecule has 1 atom stereocenters. The summed E-state index contributed by atoms with van der Waals surface area (Å²) in [7, 11) is 4.70. The number of carbonyl (C=O) groups excluding carboxylic acids is 1. The van der Waals surface area contributed by atoms with E-state index in [2.05, 4.69) is 23.2 Å². The van der Waals surface area contributed by atoms with Crippen LogP contribution in [-0.4, -0.2) is 41.7 Å². The van der Waals surface area contributed by atoms with Gasteiger partial charge in [0, 0.05) is 28.9 Å². The SMILES string of the molecule is COC(=O)C1CCc2cc(Sc3nc(-c4ccc(OC)c(OC)c4)cc4nccn34)ccc2C1. The molecule has 174 valence electrons. The Morgan fingerprint density at radius 1 is 1.03 bits per heavy atom. The number of hydrogen-bond acceptors (Lipinski definition) is 7. The number of hydrogen-bond donors (Lipinski definition) is 0. The highest BCUT2D eigenvalue weighted by molar-refractivity contribution is 7.99. The standard InChI is InChI=1S/C26H25N3O4S/c1-31-22-9-7-18(14-23(22)32-2)21-15-24-27-10-11-29(24)26(28-21)34-20-8-6-16-12-19(25(30)33-3)5-4-17(16)13-20/h6-11,13-15,19H,4-5,12H2,1-3H3. The summed E-state index contributed by atoms with van der Waals surface area (Å²) in [6, 6.07) is 14.2. The van der Waals surface area contributed by atoms with Crippen molar-refractivity contribution >= 4 is 23.4 Å². The van der Waals surface area contributed by atoms with Crippen LogP contribution in [0.15, 0.2) is 64.9 Å². The zero-order valence-electron chi connectivity index (χ0n) is 19.3. The van der Waals surface area contributed by atoms with Crippen LogP contribution in [0.5, 0.6) is 11.5 Å². The Hall–Kier alpha value is -3.52. The van der Waals surface area contributed by atoms with E-state index in [1.165, 1.54) is 18.2 Å². The Morgan fingerprint density at radius 2 is 1.88 bits per heavy atom. The van der Waals surface area contributed by atoms with E-state index in [9.17, 15) is 4.79 Å². The molecule has 0 radical (unpaired) electrons. The Labute approximate surface area is 202 Å². The quantitative estimate of drug-likeness (QED) is 0.292. The van der Waals surface area contributed by atoms with Crippen LogP contribution in [0.25, 0.3) is 16.9 Å². The molecule has 0 bridgehead atoms. The van der Waals surface area contributed by atoms with E-state index in [0.717, 1.165) is 46.2 Å². The Kier molecular flexibility index (Phi) is 6.15. The van der Waals surface area contributed by atoms with E-state index in [-0.39, 0.29) is 11.9 Å². The molecule has 2 aromatic carbocycles. The van der Waals surface area contributed by atoms with Crippen molar-refractivity contribution in [1.82, 2.24) is 14.4 Å². The number of fused-ring (bicyclic) bond motifs is 2. The first-order valence-electron chi connectivity index (χ1n) is 11.0. The number of aromatic nitrogens is 3. The highest BCUT2D eigenvalue weighted by Gasteiger charge is 2.25. The number of ether oxygens (including phenoxy) is 3. The Balaban J connectivity index is 1.47. The van der Waals surface area contributed by atoms with Crippen molar-refractivity contribution in [3.63, 3.8) is 0 Å². The first kappa shape index (κ1) is 22.3. The van der Waals surface area contributed by atoms with Crippen LogP contribution < -0.4 is 9.47 Å². The van der Waals surface area contributed by atoms with Gasteiger partial charge in [0.25, 0.3) is 0 Å². The molecule has 1 aliphatic rings. The maximum atomic E-state index is 12.0. The summed E-state index contributed by atoms with van der Waals surface area (Å²) in [4.78, 5) is 22.5. The molecule has 7 nitrogen and oxygen atoms in total. The van der Waals surface area contributed by atoms with E-state index < -0.39 is 0 Å². The first-order chi connectivity index (χ1) is 16.6. The number of aryl methyl sites for hydroxylation is 1. The van der Waals surface area contributed by atoms with Gasteiger partial charge in [-0.25, -0.2) is 9.97 Å². The number of methoxy groups -OCH3 is 3. The highest BCUT2D eigenvalue weighted by Crippen LogP contribution is 2.36. The summed E-state index contributed by atoms with van der Waals surface area (Å²) in [5, 5.41) is 0.822. The molecule has 4 aromatic rings. The monoisotopic (exact) mass is 475 g/mol. The third-order valence-electron chi connectivity index (χ3n) is 6.19. The van der Waals surface area contributed by atoms with Crippen molar-refractivity contribution in [2.24, 2.45) is 5.92 Å². The predicted molar refractivity (Wildman–Crippen MR) is 130 cm³/mol. The smallest absolute Gasteiger partial charge is 0.309 e. The fourth-order valence-corrected chi connectivity index (χ4v) is 5.32. The summed E-state index contributed by atoms with van der Waals surface area (Å²) < 4.78 is 17.8. The summed E-state index contributed by atoms with van der Waals surface area (Å²) in [5.74, 6) is 1.15. The number of nitrogens with zero attached hydrogens (tertiary/aromatic N) is 3. The van der Waals surface area contributed by atoms with Gasteiger partial charge >= 0.3 is 5.97 Å². The molecule has 0 saturated carbocycles. The Bertz CT molecular complexity index is 1370. The molecular formula is C26H25N3O4S. The first-order valence-corrected chi connectivity index (χ1v) is 11.8. The van der Waals surface area contributed by atoms with Crippen LogP contribution in [0.2, 0.25) is 0 Å². The molecule has 1 aliphatic carbocycles. The number of benzene rings is 2. The molecule has 34 heavy (non-hydrogen) atoms. The molecule has 0 spiro atoms. The lowest BCUT2D eigenvalue weighted by atomic mass is 9.84. The lowest BCUT2D eigenvalue weighted by Crippen LogP contribution is -2.23. The van der Waals surface area contributed by atoms with Gasteiger partial charge in [-0.05, 0) is 60.7 Å². The van der Waals surface area contributed by atoms with Gasteiger partial charge < -0.3 is 14.2 Å². The minimum atomic E-state index is -0.122. The molecule has 2 aromatic heterocycles. The van der Waals surface area contributed by atoms with E-state index in [1.807, 2.05) is 34.9 Å². The largest absolute Gasteiger partial charge is 0.493 e. The molecule has 5 rings (SSSR count). The van der Waals surface area contributed by atoms with Crippen LogP contribution >= 0.6 is 11.8 Å². The van der Waals surface area contributed by atoms with Crippen molar-refractivity contribution in [2.75, 3.05) is 21.3 Å². The van der Waals surface area contributed by atoms with Gasteiger partial charge in [-0.2, -0.15) is 0 Å². The van der Waals surface area contributed by atoms with Gasteiger partial charge in [0.1, 0.15) is 5.65 Å². The fourth-order valence-electron chi connectivity index (χ4n) is 4.38. The Morgan fingerprint density at radius 3 is 2.68 bits per heavy atom. The normalized spacial score (nSPS) is 15.1. The van der Waals surface area contributed by atoms with Gasteiger partial charge in [0.2, 0.25) is 0 Å². The average Bonchev–Trinajstić information content (AvgIpc) is 3.36. The number of esters is 1. The topological polar surface area (TPSA) is 75.0 Å². The van der Waals surface area contributed by atoms with Crippen molar-refractivity contribution < 1.29 is 19.0 Å².